The van der Waals surface area contributed by atoms with E-state index >= 15 is 0 Å². The summed E-state index contributed by atoms with van der Waals surface area (Å²) < 4.78 is 4.73. The molecule has 4 heteroatoms. The smallest absolute Gasteiger partial charge is 0.309 e. The van der Waals surface area contributed by atoms with Crippen LogP contribution in [0.1, 0.15) is 12.5 Å². The zero-order chi connectivity index (χ0) is 14.5. The molecule has 2 aromatic rings. The van der Waals surface area contributed by atoms with Crippen LogP contribution in [0.15, 0.2) is 41.3 Å². The Morgan fingerprint density at radius 1 is 1.30 bits per heavy atom. The lowest BCUT2D eigenvalue weighted by atomic mass is 10.1. The average Bonchev–Trinajstić information content (AvgIpc) is 2.51. The molecule has 0 radical (unpaired) electrons. The lowest BCUT2D eigenvalue weighted by Gasteiger charge is -2.11. The van der Waals surface area contributed by atoms with Gasteiger partial charge in [0.1, 0.15) is 0 Å². The molecule has 0 bridgehead atoms. The van der Waals surface area contributed by atoms with Crippen LogP contribution in [0.2, 0.25) is 0 Å². The molecule has 102 valence electrons. The summed E-state index contributed by atoms with van der Waals surface area (Å²) >= 11 is 1.61. The molecule has 0 aliphatic heterocycles. The van der Waals surface area contributed by atoms with Crippen molar-refractivity contribution in [2.24, 2.45) is 5.92 Å². The van der Waals surface area contributed by atoms with E-state index in [4.69, 9.17) is 10.00 Å². The Labute approximate surface area is 122 Å². The number of thioether (sulfide) groups is 1. The number of esters is 1. The molecular weight excluding hydrogens is 270 g/mol. The molecular formula is C16H15NO2S. The first-order valence-electron chi connectivity index (χ1n) is 6.30. The van der Waals surface area contributed by atoms with Crippen LogP contribution >= 0.6 is 11.8 Å². The van der Waals surface area contributed by atoms with E-state index in [9.17, 15) is 4.79 Å². The summed E-state index contributed by atoms with van der Waals surface area (Å²) in [6.45, 7) is 1.85. The van der Waals surface area contributed by atoms with Gasteiger partial charge in [-0.2, -0.15) is 5.26 Å². The number of rotatable bonds is 4. The van der Waals surface area contributed by atoms with Gasteiger partial charge in [-0.15, -0.1) is 11.8 Å². The summed E-state index contributed by atoms with van der Waals surface area (Å²) in [5, 5.41) is 11.1. The minimum absolute atomic E-state index is 0.153. The minimum Gasteiger partial charge on any atom is -0.469 e. The molecule has 2 aromatic carbocycles. The second-order valence-electron chi connectivity index (χ2n) is 4.50. The van der Waals surface area contributed by atoms with Gasteiger partial charge in [-0.25, -0.2) is 0 Å². The monoisotopic (exact) mass is 285 g/mol. The molecule has 3 nitrogen and oxygen atoms in total. The zero-order valence-electron chi connectivity index (χ0n) is 11.4. The number of carbonyl (C=O) groups excluding carboxylic acids is 1. The molecule has 20 heavy (non-hydrogen) atoms. The van der Waals surface area contributed by atoms with E-state index < -0.39 is 0 Å². The third-order valence-corrected chi connectivity index (χ3v) is 4.43. The summed E-state index contributed by atoms with van der Waals surface area (Å²) in [6.07, 6.45) is 0. The van der Waals surface area contributed by atoms with Gasteiger partial charge < -0.3 is 4.74 Å². The van der Waals surface area contributed by atoms with Crippen LogP contribution in [-0.4, -0.2) is 18.8 Å². The molecule has 1 unspecified atom stereocenters. The highest BCUT2D eigenvalue weighted by Crippen LogP contribution is 2.31. The summed E-state index contributed by atoms with van der Waals surface area (Å²) in [4.78, 5) is 12.5. The van der Waals surface area contributed by atoms with Crippen molar-refractivity contribution in [3.63, 3.8) is 0 Å². The van der Waals surface area contributed by atoms with E-state index in [1.807, 2.05) is 43.3 Å². The minimum atomic E-state index is -0.199. The highest BCUT2D eigenvalue weighted by Gasteiger charge is 2.14. The number of nitrogens with zero attached hydrogens (tertiary/aromatic N) is 1. The molecule has 0 aliphatic rings. The molecule has 1 atom stereocenters. The van der Waals surface area contributed by atoms with Crippen molar-refractivity contribution in [3.8, 4) is 6.07 Å². The Hall–Kier alpha value is -1.99. The van der Waals surface area contributed by atoms with E-state index in [0.29, 0.717) is 11.3 Å². The van der Waals surface area contributed by atoms with Crippen molar-refractivity contribution >= 4 is 28.5 Å². The van der Waals surface area contributed by atoms with Gasteiger partial charge in [-0.05, 0) is 17.5 Å². The van der Waals surface area contributed by atoms with E-state index in [-0.39, 0.29) is 11.9 Å². The molecule has 2 rings (SSSR count). The van der Waals surface area contributed by atoms with E-state index in [1.165, 1.54) is 7.11 Å². The number of hydrogen-bond donors (Lipinski definition) is 0. The fourth-order valence-electron chi connectivity index (χ4n) is 1.98. The second-order valence-corrected chi connectivity index (χ2v) is 5.57. The van der Waals surface area contributed by atoms with E-state index in [1.54, 1.807) is 11.8 Å². The fourth-order valence-corrected chi connectivity index (χ4v) is 3.04. The first kappa shape index (κ1) is 14.4. The Bertz CT molecular complexity index is 676. The van der Waals surface area contributed by atoms with Crippen molar-refractivity contribution in [2.45, 2.75) is 11.8 Å². The number of nitriles is 1. The predicted octanol–water partition coefficient (Wildman–Crippen LogP) is 3.61. The SMILES string of the molecule is COC(=O)C(C)CSc1ccc(C#N)c2ccccc12. The third kappa shape index (κ3) is 2.94. The van der Waals surface area contributed by atoms with Gasteiger partial charge in [-0.3, -0.25) is 4.79 Å². The van der Waals surface area contributed by atoms with Gasteiger partial charge in [0.15, 0.2) is 0 Å². The molecule has 0 heterocycles. The Kier molecular flexibility index (Phi) is 4.65. The fraction of sp³-hybridized carbons (Fsp3) is 0.250. The van der Waals surface area contributed by atoms with Gasteiger partial charge in [0.25, 0.3) is 0 Å². The second kappa shape index (κ2) is 6.44. The molecule has 0 amide bonds. The number of benzene rings is 2. The maximum absolute atomic E-state index is 11.4. The van der Waals surface area contributed by atoms with Crippen molar-refractivity contribution in [1.29, 1.82) is 5.26 Å². The number of methoxy groups -OCH3 is 1. The maximum atomic E-state index is 11.4. The van der Waals surface area contributed by atoms with Crippen LogP contribution in [0.3, 0.4) is 0 Å². The Balaban J connectivity index is 2.28. The topological polar surface area (TPSA) is 50.1 Å². The lowest BCUT2D eigenvalue weighted by molar-refractivity contribution is -0.143. The van der Waals surface area contributed by atoms with Crippen molar-refractivity contribution in [3.05, 3.63) is 42.0 Å². The number of hydrogen-bond acceptors (Lipinski definition) is 4. The van der Waals surface area contributed by atoms with Crippen molar-refractivity contribution in [1.82, 2.24) is 0 Å². The van der Waals surface area contributed by atoms with Crippen LogP contribution in [0.25, 0.3) is 10.8 Å². The zero-order valence-corrected chi connectivity index (χ0v) is 12.2. The van der Waals surface area contributed by atoms with Crippen LogP contribution in [-0.2, 0) is 9.53 Å². The normalized spacial score (nSPS) is 11.8. The predicted molar refractivity (Wildman–Crippen MR) is 80.6 cm³/mol. The molecule has 0 saturated carbocycles. The van der Waals surface area contributed by atoms with Crippen molar-refractivity contribution < 1.29 is 9.53 Å². The largest absolute Gasteiger partial charge is 0.469 e. The summed E-state index contributed by atoms with van der Waals surface area (Å²) in [5.74, 6) is 0.303. The highest BCUT2D eigenvalue weighted by atomic mass is 32.2. The average molecular weight is 285 g/mol. The van der Waals surface area contributed by atoms with Gasteiger partial charge in [0, 0.05) is 16.0 Å². The quantitative estimate of drug-likeness (QED) is 0.636. The van der Waals surface area contributed by atoms with E-state index in [2.05, 4.69) is 6.07 Å². The van der Waals surface area contributed by atoms with Crippen LogP contribution < -0.4 is 0 Å². The van der Waals surface area contributed by atoms with Gasteiger partial charge in [0.05, 0.1) is 24.7 Å². The number of ether oxygens (including phenoxy) is 1. The molecule has 0 spiro atoms. The van der Waals surface area contributed by atoms with Crippen LogP contribution in [0.4, 0.5) is 0 Å². The van der Waals surface area contributed by atoms with Gasteiger partial charge in [-0.1, -0.05) is 31.2 Å². The molecule has 0 aliphatic carbocycles. The third-order valence-electron chi connectivity index (χ3n) is 3.10. The molecule has 0 fully saturated rings. The summed E-state index contributed by atoms with van der Waals surface area (Å²) in [6, 6.07) is 13.8. The highest BCUT2D eigenvalue weighted by molar-refractivity contribution is 7.99. The van der Waals surface area contributed by atoms with E-state index in [0.717, 1.165) is 15.7 Å². The first-order valence-corrected chi connectivity index (χ1v) is 7.28. The van der Waals surface area contributed by atoms with Gasteiger partial charge in [0.2, 0.25) is 0 Å². The van der Waals surface area contributed by atoms with Crippen molar-refractivity contribution in [2.75, 3.05) is 12.9 Å². The first-order chi connectivity index (χ1) is 9.67. The lowest BCUT2D eigenvalue weighted by Crippen LogP contribution is -2.14. The number of fused-ring (bicyclic) bond motifs is 1. The Morgan fingerprint density at radius 3 is 2.65 bits per heavy atom. The molecule has 0 saturated heterocycles. The van der Waals surface area contributed by atoms with Crippen LogP contribution in [0.5, 0.6) is 0 Å². The molecule has 0 N–H and O–H groups in total. The number of carbonyl (C=O) groups is 1. The Morgan fingerprint density at radius 2 is 2.00 bits per heavy atom. The van der Waals surface area contributed by atoms with Crippen LogP contribution in [0, 0.1) is 17.2 Å². The molecule has 0 aromatic heterocycles. The standard InChI is InChI=1S/C16H15NO2S/c1-11(16(18)19-2)10-20-15-8-7-12(9-17)13-5-3-4-6-14(13)15/h3-8,11H,10H2,1-2H3. The maximum Gasteiger partial charge on any atom is 0.309 e. The van der Waals surface area contributed by atoms with Gasteiger partial charge >= 0.3 is 5.97 Å². The summed E-state index contributed by atoms with van der Waals surface area (Å²) in [5.41, 5.74) is 0.672. The summed E-state index contributed by atoms with van der Waals surface area (Å²) in [7, 11) is 1.40.